The summed E-state index contributed by atoms with van der Waals surface area (Å²) in [5.74, 6) is -0.0153. The lowest BCUT2D eigenvalue weighted by molar-refractivity contribution is -0.139. The van der Waals surface area contributed by atoms with Crippen LogP contribution >= 0.6 is 0 Å². The van der Waals surface area contributed by atoms with Gasteiger partial charge in [0.05, 0.1) is 0 Å². The highest BCUT2D eigenvalue weighted by molar-refractivity contribution is 5.67. The second-order valence-corrected chi connectivity index (χ2v) is 5.16. The molecule has 0 heterocycles. The van der Waals surface area contributed by atoms with E-state index in [0.717, 1.165) is 12.8 Å². The number of aliphatic carboxylic acids is 2. The van der Waals surface area contributed by atoms with Gasteiger partial charge in [0.25, 0.3) is 0 Å². The molecule has 0 aliphatic heterocycles. The molecule has 0 aromatic carbocycles. The molecule has 0 aromatic rings. The molecule has 4 unspecified atom stereocenters. The number of hydrogen-bond acceptors (Lipinski definition) is 2. The number of carboxylic acids is 2. The Labute approximate surface area is 100 Å². The molecule has 2 aliphatic rings. The van der Waals surface area contributed by atoms with Gasteiger partial charge < -0.3 is 10.2 Å². The van der Waals surface area contributed by atoms with Gasteiger partial charge in [-0.25, -0.2) is 0 Å². The number of fused-ring (bicyclic) bond motifs is 2. The molecule has 17 heavy (non-hydrogen) atoms. The average molecular weight is 238 g/mol. The second kappa shape index (κ2) is 4.90. The molecule has 1 fully saturated rings. The Balaban J connectivity index is 1.92. The van der Waals surface area contributed by atoms with Crippen molar-refractivity contribution in [3.8, 4) is 0 Å². The molecule has 2 N–H and O–H groups in total. The molecule has 4 atom stereocenters. The Bertz CT molecular complexity index is 347. The quantitative estimate of drug-likeness (QED) is 0.695. The molecule has 94 valence electrons. The third-order valence-electron chi connectivity index (χ3n) is 4.14. The lowest BCUT2D eigenvalue weighted by Crippen LogP contribution is -2.22. The Kier molecular flexibility index (Phi) is 3.50. The van der Waals surface area contributed by atoms with Crippen LogP contribution in [0.15, 0.2) is 12.2 Å². The van der Waals surface area contributed by atoms with Crippen LogP contribution in [0.2, 0.25) is 0 Å². The van der Waals surface area contributed by atoms with E-state index in [4.69, 9.17) is 10.2 Å². The van der Waals surface area contributed by atoms with Crippen LogP contribution in [0.1, 0.15) is 32.1 Å². The van der Waals surface area contributed by atoms with E-state index in [1.165, 1.54) is 0 Å². The highest BCUT2D eigenvalue weighted by Gasteiger charge is 2.44. The van der Waals surface area contributed by atoms with Crippen molar-refractivity contribution in [1.29, 1.82) is 0 Å². The van der Waals surface area contributed by atoms with Crippen LogP contribution < -0.4 is 0 Å². The van der Waals surface area contributed by atoms with Crippen molar-refractivity contribution in [3.05, 3.63) is 12.2 Å². The minimum atomic E-state index is -0.765. The summed E-state index contributed by atoms with van der Waals surface area (Å²) in [4.78, 5) is 21.3. The van der Waals surface area contributed by atoms with Gasteiger partial charge in [-0.05, 0) is 42.9 Å². The fourth-order valence-electron chi connectivity index (χ4n) is 3.45. The van der Waals surface area contributed by atoms with Crippen molar-refractivity contribution < 1.29 is 19.8 Å². The maximum absolute atomic E-state index is 10.8. The first-order valence-corrected chi connectivity index (χ1v) is 6.20. The van der Waals surface area contributed by atoms with Crippen LogP contribution in [0.5, 0.6) is 0 Å². The van der Waals surface area contributed by atoms with Crippen LogP contribution in [-0.2, 0) is 9.59 Å². The first-order chi connectivity index (χ1) is 8.08. The monoisotopic (exact) mass is 238 g/mol. The van der Waals surface area contributed by atoms with E-state index < -0.39 is 11.9 Å². The van der Waals surface area contributed by atoms with E-state index in [9.17, 15) is 9.59 Å². The van der Waals surface area contributed by atoms with Crippen LogP contribution in [0.25, 0.3) is 0 Å². The first kappa shape index (κ1) is 12.1. The minimum Gasteiger partial charge on any atom is -0.481 e. The van der Waals surface area contributed by atoms with Crippen LogP contribution in [0.3, 0.4) is 0 Å². The summed E-state index contributed by atoms with van der Waals surface area (Å²) in [6.07, 6.45) is 7.32. The smallest absolute Gasteiger partial charge is 0.303 e. The highest BCUT2D eigenvalue weighted by atomic mass is 16.4. The SMILES string of the molecule is O=C(O)CCCC1C2C=CC(C2)C1CC(=O)O. The Morgan fingerprint density at radius 3 is 2.29 bits per heavy atom. The number of rotatable bonds is 6. The van der Waals surface area contributed by atoms with Crippen LogP contribution in [0, 0.1) is 23.7 Å². The van der Waals surface area contributed by atoms with Crippen molar-refractivity contribution in [1.82, 2.24) is 0 Å². The normalized spacial score (nSPS) is 34.1. The Morgan fingerprint density at radius 1 is 1.06 bits per heavy atom. The predicted octanol–water partition coefficient (Wildman–Crippen LogP) is 2.15. The molecular formula is C13H18O4. The van der Waals surface area contributed by atoms with Gasteiger partial charge in [-0.1, -0.05) is 12.2 Å². The molecule has 1 saturated carbocycles. The van der Waals surface area contributed by atoms with Gasteiger partial charge in [0, 0.05) is 12.8 Å². The van der Waals surface area contributed by atoms with E-state index in [2.05, 4.69) is 12.2 Å². The summed E-state index contributed by atoms with van der Waals surface area (Å²) >= 11 is 0. The zero-order valence-corrected chi connectivity index (χ0v) is 9.71. The molecule has 4 heteroatoms. The summed E-state index contributed by atoms with van der Waals surface area (Å²) in [6.45, 7) is 0. The third kappa shape index (κ3) is 2.68. The zero-order chi connectivity index (χ0) is 12.4. The van der Waals surface area contributed by atoms with Crippen LogP contribution in [0.4, 0.5) is 0 Å². The first-order valence-electron chi connectivity index (χ1n) is 6.20. The molecule has 4 nitrogen and oxygen atoms in total. The molecule has 0 amide bonds. The molecule has 2 rings (SSSR count). The lowest BCUT2D eigenvalue weighted by atomic mass is 9.78. The van der Waals surface area contributed by atoms with Crippen LogP contribution in [-0.4, -0.2) is 22.2 Å². The van der Waals surface area contributed by atoms with Gasteiger partial charge in [0.1, 0.15) is 0 Å². The van der Waals surface area contributed by atoms with Gasteiger partial charge in [-0.2, -0.15) is 0 Å². The molecule has 0 aromatic heterocycles. The standard InChI is InChI=1S/C13H18O4/c14-12(15)3-1-2-10-8-4-5-9(6-8)11(10)7-13(16)17/h4-5,8-11H,1-3,6-7H2,(H,14,15)(H,16,17). The van der Waals surface area contributed by atoms with Crippen molar-refractivity contribution in [3.63, 3.8) is 0 Å². The minimum absolute atomic E-state index is 0.192. The third-order valence-corrected chi connectivity index (χ3v) is 4.14. The van der Waals surface area contributed by atoms with Crippen molar-refractivity contribution in [2.45, 2.75) is 32.1 Å². The van der Waals surface area contributed by atoms with E-state index in [1.807, 2.05) is 0 Å². The highest BCUT2D eigenvalue weighted by Crippen LogP contribution is 2.51. The maximum Gasteiger partial charge on any atom is 0.303 e. The molecule has 0 spiro atoms. The predicted molar refractivity (Wildman–Crippen MR) is 61.5 cm³/mol. The number of carbonyl (C=O) groups is 2. The van der Waals surface area contributed by atoms with E-state index in [1.54, 1.807) is 0 Å². The molecule has 2 bridgehead atoms. The van der Waals surface area contributed by atoms with Crippen molar-refractivity contribution in [2.75, 3.05) is 0 Å². The second-order valence-electron chi connectivity index (χ2n) is 5.16. The largest absolute Gasteiger partial charge is 0.481 e. The van der Waals surface area contributed by atoms with Gasteiger partial charge in [-0.15, -0.1) is 0 Å². The van der Waals surface area contributed by atoms with Crippen molar-refractivity contribution >= 4 is 11.9 Å². The summed E-state index contributed by atoms with van der Waals surface area (Å²) in [5, 5.41) is 17.5. The topological polar surface area (TPSA) is 74.6 Å². The number of hydrogen-bond donors (Lipinski definition) is 2. The Morgan fingerprint density at radius 2 is 1.71 bits per heavy atom. The van der Waals surface area contributed by atoms with Gasteiger partial charge in [0.2, 0.25) is 0 Å². The van der Waals surface area contributed by atoms with E-state index in [0.29, 0.717) is 24.2 Å². The van der Waals surface area contributed by atoms with Gasteiger partial charge in [0.15, 0.2) is 0 Å². The maximum atomic E-state index is 10.8. The average Bonchev–Trinajstić information content (AvgIpc) is 2.79. The summed E-state index contributed by atoms with van der Waals surface area (Å²) in [5.41, 5.74) is 0. The van der Waals surface area contributed by atoms with Gasteiger partial charge >= 0.3 is 11.9 Å². The summed E-state index contributed by atoms with van der Waals surface area (Å²) in [7, 11) is 0. The fourth-order valence-corrected chi connectivity index (χ4v) is 3.45. The van der Waals surface area contributed by atoms with Crippen molar-refractivity contribution in [2.24, 2.45) is 23.7 Å². The summed E-state index contributed by atoms with van der Waals surface area (Å²) in [6, 6.07) is 0. The summed E-state index contributed by atoms with van der Waals surface area (Å²) < 4.78 is 0. The lowest BCUT2D eigenvalue weighted by Gasteiger charge is -2.26. The van der Waals surface area contributed by atoms with E-state index >= 15 is 0 Å². The zero-order valence-electron chi connectivity index (χ0n) is 9.71. The number of carboxylic acid groups (broad SMARTS) is 2. The molecule has 0 saturated heterocycles. The number of allylic oxidation sites excluding steroid dienone is 2. The fraction of sp³-hybridized carbons (Fsp3) is 0.692. The molecule has 2 aliphatic carbocycles. The van der Waals surface area contributed by atoms with Gasteiger partial charge in [-0.3, -0.25) is 9.59 Å². The molecular weight excluding hydrogens is 220 g/mol. The molecule has 0 radical (unpaired) electrons. The Hall–Kier alpha value is -1.32. The van der Waals surface area contributed by atoms with E-state index in [-0.39, 0.29) is 18.8 Å².